The number of aromatic nitrogens is 8. The van der Waals surface area contributed by atoms with Crippen LogP contribution in [-0.4, -0.2) is 93.7 Å². The highest BCUT2D eigenvalue weighted by atomic mass is 31.2. The van der Waals surface area contributed by atoms with E-state index in [2.05, 4.69) is 29.9 Å². The van der Waals surface area contributed by atoms with Gasteiger partial charge >= 0.3 is 0 Å². The summed E-state index contributed by atoms with van der Waals surface area (Å²) in [7, 11) is -10.8. The highest BCUT2D eigenvalue weighted by Gasteiger charge is 2.53. The zero-order valence-corrected chi connectivity index (χ0v) is 26.0. The van der Waals surface area contributed by atoms with Gasteiger partial charge in [0.25, 0.3) is 26.8 Å². The van der Waals surface area contributed by atoms with Crippen LogP contribution in [0.4, 0.5) is 11.9 Å². The van der Waals surface area contributed by atoms with Gasteiger partial charge in [-0.15, -0.1) is 0 Å². The van der Waals surface area contributed by atoms with Crippen molar-refractivity contribution in [2.75, 3.05) is 24.7 Å². The number of rotatable bonds is 3. The van der Waals surface area contributed by atoms with Crippen LogP contribution in [0, 0.1) is 5.92 Å². The van der Waals surface area contributed by atoms with Gasteiger partial charge in [-0.3, -0.25) is 42.6 Å². The lowest BCUT2D eigenvalue weighted by molar-refractivity contribution is -0.244. The van der Waals surface area contributed by atoms with Gasteiger partial charge in [0.15, 0.2) is 28.6 Å². The lowest BCUT2D eigenvalue weighted by Gasteiger charge is -2.35. The first-order valence-corrected chi connectivity index (χ1v) is 16.8. The number of ketones is 1. The third-order valence-corrected chi connectivity index (χ3v) is 9.80. The molecule has 10 atom stereocenters. The number of nitrogens with two attached hydrogens (primary N) is 2. The van der Waals surface area contributed by atoms with E-state index in [-0.39, 0.29) is 34.2 Å². The van der Waals surface area contributed by atoms with E-state index in [1.807, 2.05) is 0 Å². The third kappa shape index (κ3) is 5.65. The Bertz CT molecular complexity index is 2150. The van der Waals surface area contributed by atoms with Crippen molar-refractivity contribution in [3.05, 3.63) is 33.4 Å². The maximum Gasteiger partial charge on any atom is 0.280 e. The predicted octanol–water partition coefficient (Wildman–Crippen LogP) is -3.47. The molecule has 4 aromatic heterocycles. The van der Waals surface area contributed by atoms with Crippen LogP contribution in [0.3, 0.4) is 0 Å². The van der Waals surface area contributed by atoms with Crippen molar-refractivity contribution in [3.8, 4) is 0 Å². The van der Waals surface area contributed by atoms with E-state index in [9.17, 15) is 38.4 Å². The zero-order valence-electron chi connectivity index (χ0n) is 24.2. The van der Waals surface area contributed by atoms with E-state index < -0.39 is 94.7 Å². The molecule has 0 bridgehead atoms. The van der Waals surface area contributed by atoms with Crippen LogP contribution < -0.4 is 32.4 Å². The molecule has 0 amide bonds. The van der Waals surface area contributed by atoms with Crippen molar-refractivity contribution in [2.24, 2.45) is 5.92 Å². The summed E-state index contributed by atoms with van der Waals surface area (Å²) in [5, 5.41) is 11.1. The number of anilines is 2. The van der Waals surface area contributed by atoms with Gasteiger partial charge in [0.2, 0.25) is 11.9 Å². The van der Waals surface area contributed by atoms with Gasteiger partial charge in [-0.2, -0.15) is 9.97 Å². The molecule has 3 aliphatic heterocycles. The van der Waals surface area contributed by atoms with E-state index in [1.54, 1.807) is 0 Å². The number of hydrogen-bond donors (Lipinski definition) is 5. The number of fused-ring (bicyclic) bond motifs is 4. The standard InChI is InChI=1S/C22H26N10O14P2/c1-6(33)9-13-7(43-19(9)31-4-25-10-15(31)27-21(23)29-17(10)35)2-41-48(39,40)46-14-8(3-42-47(37,38)45-13)44-20(12(14)34)32-5-26-11-16(32)28-22(24)30-18(11)36/h4-5,7-9,12-14,19-20,34H,2-3H2,1H3,(H,37,38)(H,39,40)(H3,23,27,29,35)(H3,24,28,30,36)/p-2/t7-,8-,9+,12+,13?,14?,19-,20-/m1/s1. The minimum Gasteiger partial charge on any atom is -0.756 e. The Morgan fingerprint density at radius 2 is 1.33 bits per heavy atom. The highest BCUT2D eigenvalue weighted by Crippen LogP contribution is 2.52. The van der Waals surface area contributed by atoms with E-state index in [0.717, 1.165) is 28.7 Å². The predicted molar refractivity (Wildman–Crippen MR) is 150 cm³/mol. The normalized spacial score (nSPS) is 36.0. The van der Waals surface area contributed by atoms with Crippen molar-refractivity contribution in [3.63, 3.8) is 0 Å². The van der Waals surface area contributed by atoms with Crippen LogP contribution in [0.25, 0.3) is 22.3 Å². The number of ether oxygens (including phenoxy) is 2. The van der Waals surface area contributed by atoms with Crippen LogP contribution in [-0.2, 0) is 41.5 Å². The van der Waals surface area contributed by atoms with Gasteiger partial charge in [0.05, 0.1) is 31.8 Å². The number of carbonyl (C=O) groups excluding carboxylic acids is 1. The molecule has 0 aromatic carbocycles. The molecule has 4 aromatic rings. The minimum atomic E-state index is -5.40. The number of carbonyl (C=O) groups is 1. The van der Waals surface area contributed by atoms with E-state index in [1.165, 1.54) is 0 Å². The molecular formula is C22H24N10O14P2-2. The summed E-state index contributed by atoms with van der Waals surface area (Å²) in [6, 6.07) is 0. The number of nitrogens with zero attached hydrogens (tertiary/aromatic N) is 6. The van der Waals surface area contributed by atoms with E-state index in [0.29, 0.717) is 0 Å². The SMILES string of the molecule is CC(=O)[C@H]1C2OP(=O)([O-])OC[C@H]3O[C@@H](n4cnc5c(=O)[nH]c(N)nc54)[C@@H](O)C3OP(=O)([O-])OC[C@H]2O[C@H]1n1cnc2c(=O)[nH]c(N)nc21. The number of aromatic amines is 2. The summed E-state index contributed by atoms with van der Waals surface area (Å²) < 4.78 is 60.6. The quantitative estimate of drug-likeness (QED) is 0.129. The second-order valence-corrected chi connectivity index (χ2v) is 13.7. The van der Waals surface area contributed by atoms with Gasteiger partial charge in [0, 0.05) is 0 Å². The molecule has 0 saturated carbocycles. The molecule has 26 heteroatoms. The second kappa shape index (κ2) is 11.6. The summed E-state index contributed by atoms with van der Waals surface area (Å²) in [5.74, 6) is -2.75. The first-order valence-electron chi connectivity index (χ1n) is 13.8. The Balaban J connectivity index is 1.21. The fraction of sp³-hybridized carbons (Fsp3) is 0.500. The minimum absolute atomic E-state index is 0.133. The maximum atomic E-state index is 13.2. The molecule has 258 valence electrons. The maximum absolute atomic E-state index is 13.2. The number of nitrogen functional groups attached to an aromatic ring is 2. The summed E-state index contributed by atoms with van der Waals surface area (Å²) in [6.07, 6.45) is -9.46. The molecular weight excluding hydrogens is 690 g/mol. The van der Waals surface area contributed by atoms with Crippen molar-refractivity contribution in [1.29, 1.82) is 0 Å². The lowest BCUT2D eigenvalue weighted by atomic mass is 9.96. The molecule has 48 heavy (non-hydrogen) atoms. The van der Waals surface area contributed by atoms with Crippen LogP contribution in [0.15, 0.2) is 22.2 Å². The van der Waals surface area contributed by atoms with Gasteiger partial charge in [0.1, 0.15) is 42.5 Å². The third-order valence-electron chi connectivity index (χ3n) is 7.87. The first kappa shape index (κ1) is 32.6. The molecule has 3 saturated heterocycles. The lowest BCUT2D eigenvalue weighted by Crippen LogP contribution is -2.40. The van der Waals surface area contributed by atoms with Crippen LogP contribution >= 0.6 is 15.6 Å². The number of H-pyrrole nitrogens is 2. The molecule has 24 nitrogen and oxygen atoms in total. The Labute approximate surface area is 265 Å². The number of aliphatic hydroxyl groups is 1. The molecule has 0 spiro atoms. The topological polar surface area (TPSA) is 352 Å². The smallest absolute Gasteiger partial charge is 0.280 e. The average molecular weight is 714 g/mol. The molecule has 0 aliphatic carbocycles. The number of aliphatic hydroxyl groups excluding tert-OH is 1. The monoisotopic (exact) mass is 714 g/mol. The Morgan fingerprint density at radius 1 is 0.875 bits per heavy atom. The Hall–Kier alpha value is -3.93. The van der Waals surface area contributed by atoms with Gasteiger partial charge in [-0.05, 0) is 6.92 Å². The molecule has 7 rings (SSSR count). The number of nitrogens with one attached hydrogen (secondary N) is 2. The zero-order chi connectivity index (χ0) is 34.3. The van der Waals surface area contributed by atoms with Crippen molar-refractivity contribution in [1.82, 2.24) is 39.0 Å². The van der Waals surface area contributed by atoms with Crippen molar-refractivity contribution < 1.29 is 56.4 Å². The molecule has 3 fully saturated rings. The second-order valence-electron chi connectivity index (χ2n) is 10.9. The summed E-state index contributed by atoms with van der Waals surface area (Å²) in [5.41, 5.74) is 9.19. The van der Waals surface area contributed by atoms with Gasteiger partial charge in [-0.1, -0.05) is 0 Å². The first-order chi connectivity index (χ1) is 22.6. The van der Waals surface area contributed by atoms with E-state index >= 15 is 0 Å². The van der Waals surface area contributed by atoms with Crippen molar-refractivity contribution in [2.45, 2.75) is 49.9 Å². The van der Waals surface area contributed by atoms with Gasteiger partial charge < -0.3 is 53.9 Å². The molecule has 7 N–H and O–H groups in total. The molecule has 0 radical (unpaired) electrons. The molecule has 3 aliphatic rings. The van der Waals surface area contributed by atoms with Crippen LogP contribution in [0.1, 0.15) is 19.4 Å². The molecule has 4 unspecified atom stereocenters. The molecule has 7 heterocycles. The summed E-state index contributed by atoms with van der Waals surface area (Å²) in [6.45, 7) is -0.818. The summed E-state index contributed by atoms with van der Waals surface area (Å²) in [4.78, 5) is 84.1. The highest BCUT2D eigenvalue weighted by molar-refractivity contribution is 7.46. The fourth-order valence-electron chi connectivity index (χ4n) is 5.83. The Morgan fingerprint density at radius 3 is 1.85 bits per heavy atom. The largest absolute Gasteiger partial charge is 0.756 e. The van der Waals surface area contributed by atoms with Crippen molar-refractivity contribution >= 4 is 55.7 Å². The fourth-order valence-corrected chi connectivity index (χ4v) is 7.74. The van der Waals surface area contributed by atoms with E-state index in [4.69, 9.17) is 39.0 Å². The van der Waals surface area contributed by atoms with Gasteiger partial charge in [-0.25, -0.2) is 9.97 Å². The number of Topliss-reactive ketones (excluding diaryl/α,β-unsaturated/α-hetero) is 1. The number of hydrogen-bond acceptors (Lipinski definition) is 20. The van der Waals surface area contributed by atoms with Crippen LogP contribution in [0.2, 0.25) is 0 Å². The number of phosphoric acid groups is 2. The number of imidazole rings is 2. The Kier molecular flexibility index (Phi) is 7.88. The summed E-state index contributed by atoms with van der Waals surface area (Å²) >= 11 is 0. The average Bonchev–Trinajstić information content (AvgIpc) is 3.75. The number of phosphoric ester groups is 2. The van der Waals surface area contributed by atoms with Crippen LogP contribution in [0.5, 0.6) is 0 Å².